The number of amides is 4. The maximum absolute atomic E-state index is 12.3. The van der Waals surface area contributed by atoms with E-state index in [0.717, 1.165) is 37.3 Å². The Kier molecular flexibility index (Phi) is 8.71. The number of carbonyl (C=O) groups is 5. The molecule has 4 amide bonds. The standard InChI is InChI=1S/C28H36N6O9/c1-34-8-7-28-16-4-5-17(27(28)43-26-19(41-2)6-3-15(25(26)28)9-18(16)34)33-42-14-23(38)31-12-21(36)29-10-20(35)30-11-22(37)32-13-24(39)40/h3,6,16,18,27H,4-5,7-14H2,1-2H3,(H,29,36)(H,30,35)(H,31,38)(H,32,37)(H,39,40)/b33-17+/t16-,18+,27-,28-/m0/s1. The lowest BCUT2D eigenvalue weighted by Gasteiger charge is -2.57. The Morgan fingerprint density at radius 3 is 2.33 bits per heavy atom. The number of likely N-dealkylation sites (tertiary alicyclic amines) is 1. The van der Waals surface area contributed by atoms with Crippen molar-refractivity contribution in [3.63, 3.8) is 0 Å². The Morgan fingerprint density at radius 1 is 1.02 bits per heavy atom. The number of ether oxygens (including phenoxy) is 2. The summed E-state index contributed by atoms with van der Waals surface area (Å²) in [6.07, 6.45) is 3.20. The number of piperidine rings is 1. The zero-order valence-electron chi connectivity index (χ0n) is 24.1. The van der Waals surface area contributed by atoms with Crippen LogP contribution in [0.25, 0.3) is 0 Å². The maximum Gasteiger partial charge on any atom is 0.322 e. The van der Waals surface area contributed by atoms with Gasteiger partial charge in [-0.2, -0.15) is 0 Å². The van der Waals surface area contributed by atoms with Gasteiger partial charge < -0.3 is 45.6 Å². The minimum absolute atomic E-state index is 0.218. The zero-order valence-corrected chi connectivity index (χ0v) is 24.1. The van der Waals surface area contributed by atoms with Crippen LogP contribution in [0.4, 0.5) is 0 Å². The molecule has 5 rings (SSSR count). The molecule has 1 spiro atoms. The molecule has 0 aromatic heterocycles. The topological polar surface area (TPSA) is 197 Å². The average molecular weight is 601 g/mol. The van der Waals surface area contributed by atoms with Crippen molar-refractivity contribution in [3.05, 3.63) is 23.3 Å². The Labute approximate surface area is 247 Å². The summed E-state index contributed by atoms with van der Waals surface area (Å²) in [4.78, 5) is 65.8. The number of rotatable bonds is 12. The summed E-state index contributed by atoms with van der Waals surface area (Å²) in [5.41, 5.74) is 3.05. The summed E-state index contributed by atoms with van der Waals surface area (Å²) in [6, 6.07) is 4.52. The van der Waals surface area contributed by atoms with Gasteiger partial charge in [-0.25, -0.2) is 0 Å². The van der Waals surface area contributed by atoms with E-state index in [1.807, 2.05) is 6.07 Å². The van der Waals surface area contributed by atoms with Crippen molar-refractivity contribution in [2.24, 2.45) is 11.1 Å². The van der Waals surface area contributed by atoms with Crippen LogP contribution >= 0.6 is 0 Å². The molecule has 1 saturated carbocycles. The van der Waals surface area contributed by atoms with Gasteiger partial charge in [0.15, 0.2) is 24.2 Å². The third-order valence-corrected chi connectivity index (χ3v) is 8.76. The Morgan fingerprint density at radius 2 is 1.67 bits per heavy atom. The first-order valence-electron chi connectivity index (χ1n) is 14.2. The first kappa shape index (κ1) is 30.1. The molecule has 0 radical (unpaired) electrons. The molecule has 1 aromatic carbocycles. The van der Waals surface area contributed by atoms with Crippen molar-refractivity contribution in [2.45, 2.75) is 43.2 Å². The number of nitrogens with zero attached hydrogens (tertiary/aromatic N) is 2. The second-order valence-electron chi connectivity index (χ2n) is 11.2. The highest BCUT2D eigenvalue weighted by atomic mass is 16.6. The molecular formula is C28H36N6O9. The monoisotopic (exact) mass is 600 g/mol. The van der Waals surface area contributed by atoms with E-state index in [-0.39, 0.29) is 11.5 Å². The van der Waals surface area contributed by atoms with Crippen LogP contribution in [-0.4, -0.2) is 111 Å². The summed E-state index contributed by atoms with van der Waals surface area (Å²) < 4.78 is 12.2. The van der Waals surface area contributed by atoms with E-state index in [4.69, 9.17) is 19.4 Å². The number of methoxy groups -OCH3 is 1. The summed E-state index contributed by atoms with van der Waals surface area (Å²) >= 11 is 0. The number of carboxylic acid groups (broad SMARTS) is 1. The van der Waals surface area contributed by atoms with Gasteiger partial charge in [-0.05, 0) is 56.8 Å². The fourth-order valence-electron chi connectivity index (χ4n) is 6.91. The molecule has 2 aliphatic heterocycles. The molecule has 2 heterocycles. The van der Waals surface area contributed by atoms with Crippen molar-refractivity contribution >= 4 is 35.3 Å². The van der Waals surface area contributed by atoms with Crippen LogP contribution in [0.1, 0.15) is 30.4 Å². The van der Waals surface area contributed by atoms with Crippen LogP contribution < -0.4 is 30.7 Å². The zero-order chi connectivity index (χ0) is 30.7. The van der Waals surface area contributed by atoms with Gasteiger partial charge in [0.1, 0.15) is 6.54 Å². The lowest BCUT2D eigenvalue weighted by molar-refractivity contribution is -0.137. The van der Waals surface area contributed by atoms with E-state index < -0.39 is 62.4 Å². The number of benzene rings is 1. The Hall–Kier alpha value is -4.40. The third-order valence-electron chi connectivity index (χ3n) is 8.76. The van der Waals surface area contributed by atoms with Crippen molar-refractivity contribution in [1.29, 1.82) is 0 Å². The second kappa shape index (κ2) is 12.5. The molecule has 4 atom stereocenters. The van der Waals surface area contributed by atoms with Crippen molar-refractivity contribution < 1.29 is 43.4 Å². The number of nitrogens with one attached hydrogen (secondary N) is 4. The van der Waals surface area contributed by atoms with Gasteiger partial charge in [0.2, 0.25) is 17.7 Å². The van der Waals surface area contributed by atoms with E-state index in [1.54, 1.807) is 7.11 Å². The van der Waals surface area contributed by atoms with Crippen molar-refractivity contribution in [2.75, 3.05) is 53.5 Å². The smallest absolute Gasteiger partial charge is 0.322 e. The molecule has 2 fully saturated rings. The molecule has 4 aliphatic rings. The minimum Gasteiger partial charge on any atom is -0.493 e. The highest BCUT2D eigenvalue weighted by molar-refractivity contribution is 5.94. The van der Waals surface area contributed by atoms with Crippen LogP contribution in [-0.2, 0) is 40.6 Å². The Bertz CT molecular complexity index is 1350. The largest absolute Gasteiger partial charge is 0.493 e. The predicted molar refractivity (Wildman–Crippen MR) is 150 cm³/mol. The van der Waals surface area contributed by atoms with E-state index in [2.05, 4.69) is 44.4 Å². The summed E-state index contributed by atoms with van der Waals surface area (Å²) in [7, 11) is 3.82. The number of oxime groups is 1. The third kappa shape index (κ3) is 5.94. The molecule has 5 N–H and O–H groups in total. The lowest BCUT2D eigenvalue weighted by Crippen LogP contribution is -2.65. The predicted octanol–water partition coefficient (Wildman–Crippen LogP) is -1.71. The van der Waals surface area contributed by atoms with Gasteiger partial charge in [-0.3, -0.25) is 24.0 Å². The summed E-state index contributed by atoms with van der Waals surface area (Å²) in [6.45, 7) is -1.29. The van der Waals surface area contributed by atoms with Crippen LogP contribution in [0.15, 0.2) is 17.3 Å². The van der Waals surface area contributed by atoms with Crippen LogP contribution in [0.3, 0.4) is 0 Å². The van der Waals surface area contributed by atoms with Gasteiger partial charge in [0.25, 0.3) is 5.91 Å². The summed E-state index contributed by atoms with van der Waals surface area (Å²) in [5, 5.41) is 21.9. The molecular weight excluding hydrogens is 564 g/mol. The lowest BCUT2D eigenvalue weighted by atomic mass is 9.51. The fraction of sp³-hybridized carbons (Fsp3) is 0.571. The number of aliphatic carboxylic acids is 1. The molecule has 15 heteroatoms. The van der Waals surface area contributed by atoms with Crippen molar-refractivity contribution in [3.8, 4) is 11.5 Å². The SMILES string of the molecule is COc1ccc2c3c1O[C@H]1/C(=N/OCC(=O)NCC(=O)NCC(=O)NCC(=O)NCC(=O)O)CC[C@H]4[C@@H](C2)N(C)CC[C@]314. The molecule has 1 aromatic rings. The van der Waals surface area contributed by atoms with Gasteiger partial charge in [0.05, 0.1) is 32.5 Å². The number of hydrogen-bond donors (Lipinski definition) is 5. The maximum atomic E-state index is 12.3. The minimum atomic E-state index is -1.22. The number of hydrogen-bond acceptors (Lipinski definition) is 10. The van der Waals surface area contributed by atoms with Gasteiger partial charge in [-0.1, -0.05) is 11.2 Å². The van der Waals surface area contributed by atoms with Crippen LogP contribution in [0.5, 0.6) is 11.5 Å². The van der Waals surface area contributed by atoms with Gasteiger partial charge in [-0.15, -0.1) is 0 Å². The highest BCUT2D eigenvalue weighted by Gasteiger charge is 2.65. The molecule has 0 unspecified atom stereocenters. The molecule has 2 aliphatic carbocycles. The van der Waals surface area contributed by atoms with E-state index >= 15 is 0 Å². The second-order valence-corrected chi connectivity index (χ2v) is 11.2. The van der Waals surface area contributed by atoms with Crippen LogP contribution in [0.2, 0.25) is 0 Å². The number of carbonyl (C=O) groups excluding carboxylic acids is 4. The molecule has 15 nitrogen and oxygen atoms in total. The van der Waals surface area contributed by atoms with Crippen molar-refractivity contribution in [1.82, 2.24) is 26.2 Å². The highest BCUT2D eigenvalue weighted by Crippen LogP contribution is 2.63. The Balaban J connectivity index is 1.11. The molecule has 232 valence electrons. The van der Waals surface area contributed by atoms with E-state index in [1.165, 1.54) is 11.1 Å². The first-order chi connectivity index (χ1) is 20.6. The van der Waals surface area contributed by atoms with Gasteiger partial charge in [0, 0.05) is 17.0 Å². The normalized spacial score (nSPS) is 25.5. The quantitative estimate of drug-likeness (QED) is 0.172. The fourth-order valence-corrected chi connectivity index (χ4v) is 6.91. The van der Waals surface area contributed by atoms with E-state index in [0.29, 0.717) is 24.1 Å². The molecule has 1 saturated heterocycles. The number of likely N-dealkylation sites (N-methyl/N-ethyl adjacent to an activating group) is 1. The first-order valence-corrected chi connectivity index (χ1v) is 14.2. The number of carboxylic acids is 1. The van der Waals surface area contributed by atoms with E-state index in [9.17, 15) is 24.0 Å². The van der Waals surface area contributed by atoms with Gasteiger partial charge >= 0.3 is 5.97 Å². The average Bonchev–Trinajstić information content (AvgIpc) is 3.34. The molecule has 2 bridgehead atoms. The van der Waals surface area contributed by atoms with Crippen LogP contribution in [0, 0.1) is 5.92 Å². The summed E-state index contributed by atoms with van der Waals surface area (Å²) in [5.74, 6) is -1.86. The molecule has 43 heavy (non-hydrogen) atoms.